The van der Waals surface area contributed by atoms with Crippen molar-refractivity contribution in [2.45, 2.75) is 19.8 Å². The Labute approximate surface area is 121 Å². The number of hydrogen-bond donors (Lipinski definition) is 0. The first-order chi connectivity index (χ1) is 9.01. The summed E-state index contributed by atoms with van der Waals surface area (Å²) >= 11 is 12.1. The van der Waals surface area contributed by atoms with Gasteiger partial charge in [-0.05, 0) is 30.7 Å². The predicted molar refractivity (Wildman–Crippen MR) is 76.8 cm³/mol. The Balaban J connectivity index is 2.41. The standard InChI is InChI=1S/C14H13Cl2NO2/c1-8-5-10(3-4-13(18)19-2)17-14-11(8)6-9(15)7-12(14)16/h5-7H,3-4H2,1-2H3. The van der Waals surface area contributed by atoms with Crippen LogP contribution in [0, 0.1) is 6.92 Å². The molecule has 0 amide bonds. The maximum absolute atomic E-state index is 11.2. The number of halogens is 2. The number of ether oxygens (including phenoxy) is 1. The number of pyridine rings is 1. The maximum atomic E-state index is 11.2. The third-order valence-corrected chi connectivity index (χ3v) is 3.41. The molecule has 3 nitrogen and oxygen atoms in total. The molecule has 5 heteroatoms. The lowest BCUT2D eigenvalue weighted by molar-refractivity contribution is -0.140. The molecule has 0 fully saturated rings. The molecule has 0 bridgehead atoms. The van der Waals surface area contributed by atoms with Crippen molar-refractivity contribution in [3.63, 3.8) is 0 Å². The van der Waals surface area contributed by atoms with Gasteiger partial charge in [0.05, 0.1) is 24.1 Å². The number of fused-ring (bicyclic) bond motifs is 1. The molecule has 0 spiro atoms. The van der Waals surface area contributed by atoms with E-state index in [0.717, 1.165) is 16.6 Å². The van der Waals surface area contributed by atoms with Gasteiger partial charge in [-0.15, -0.1) is 0 Å². The van der Waals surface area contributed by atoms with Gasteiger partial charge in [0.1, 0.15) is 0 Å². The second-order valence-corrected chi connectivity index (χ2v) is 5.13. The van der Waals surface area contributed by atoms with Crippen molar-refractivity contribution in [2.24, 2.45) is 0 Å². The van der Waals surface area contributed by atoms with Gasteiger partial charge in [-0.3, -0.25) is 9.78 Å². The van der Waals surface area contributed by atoms with Crippen molar-refractivity contribution in [3.05, 3.63) is 39.5 Å². The Kier molecular flexibility index (Phi) is 4.27. The van der Waals surface area contributed by atoms with Crippen LogP contribution in [-0.2, 0) is 16.0 Å². The molecule has 0 radical (unpaired) electrons. The van der Waals surface area contributed by atoms with Crippen LogP contribution in [0.1, 0.15) is 17.7 Å². The Morgan fingerprint density at radius 3 is 2.74 bits per heavy atom. The fourth-order valence-electron chi connectivity index (χ4n) is 1.94. The number of benzene rings is 1. The van der Waals surface area contributed by atoms with Crippen LogP contribution in [0.4, 0.5) is 0 Å². The monoisotopic (exact) mass is 297 g/mol. The van der Waals surface area contributed by atoms with E-state index in [1.54, 1.807) is 6.07 Å². The molecule has 2 aromatic rings. The number of aromatic nitrogens is 1. The van der Waals surface area contributed by atoms with Crippen molar-refractivity contribution in [2.75, 3.05) is 7.11 Å². The number of methoxy groups -OCH3 is 1. The van der Waals surface area contributed by atoms with Crippen LogP contribution in [0.5, 0.6) is 0 Å². The number of esters is 1. The lowest BCUT2D eigenvalue weighted by atomic mass is 10.1. The van der Waals surface area contributed by atoms with E-state index in [0.29, 0.717) is 28.4 Å². The van der Waals surface area contributed by atoms with E-state index in [-0.39, 0.29) is 5.97 Å². The van der Waals surface area contributed by atoms with E-state index in [4.69, 9.17) is 23.2 Å². The van der Waals surface area contributed by atoms with Gasteiger partial charge in [-0.2, -0.15) is 0 Å². The van der Waals surface area contributed by atoms with Crippen molar-refractivity contribution < 1.29 is 9.53 Å². The third kappa shape index (κ3) is 3.17. The summed E-state index contributed by atoms with van der Waals surface area (Å²) in [6.07, 6.45) is 0.835. The van der Waals surface area contributed by atoms with Gasteiger partial charge in [0, 0.05) is 22.5 Å². The second-order valence-electron chi connectivity index (χ2n) is 4.29. The fourth-order valence-corrected chi connectivity index (χ4v) is 2.48. The summed E-state index contributed by atoms with van der Waals surface area (Å²) in [5.41, 5.74) is 2.57. The molecule has 1 aromatic heterocycles. The highest BCUT2D eigenvalue weighted by Crippen LogP contribution is 2.29. The third-order valence-electron chi connectivity index (χ3n) is 2.90. The first-order valence-corrected chi connectivity index (χ1v) is 6.59. The second kappa shape index (κ2) is 5.76. The minimum absolute atomic E-state index is 0.248. The zero-order chi connectivity index (χ0) is 14.0. The maximum Gasteiger partial charge on any atom is 0.305 e. The van der Waals surface area contributed by atoms with Gasteiger partial charge in [-0.25, -0.2) is 0 Å². The quantitative estimate of drug-likeness (QED) is 0.805. The lowest BCUT2D eigenvalue weighted by Gasteiger charge is -2.08. The molecule has 1 aromatic carbocycles. The van der Waals surface area contributed by atoms with Gasteiger partial charge in [0.15, 0.2) is 0 Å². The van der Waals surface area contributed by atoms with Crippen LogP contribution in [0.25, 0.3) is 10.9 Å². The molecule has 0 saturated heterocycles. The van der Waals surface area contributed by atoms with Crippen LogP contribution in [0.15, 0.2) is 18.2 Å². The molecular weight excluding hydrogens is 285 g/mol. The van der Waals surface area contributed by atoms with Gasteiger partial charge in [0.2, 0.25) is 0 Å². The van der Waals surface area contributed by atoms with Gasteiger partial charge in [0.25, 0.3) is 0 Å². The largest absolute Gasteiger partial charge is 0.469 e. The van der Waals surface area contributed by atoms with Crippen LogP contribution >= 0.6 is 23.2 Å². The van der Waals surface area contributed by atoms with E-state index in [1.807, 2.05) is 19.1 Å². The minimum atomic E-state index is -0.248. The Morgan fingerprint density at radius 1 is 1.32 bits per heavy atom. The molecule has 0 aliphatic carbocycles. The zero-order valence-electron chi connectivity index (χ0n) is 10.7. The molecule has 1 heterocycles. The summed E-state index contributed by atoms with van der Waals surface area (Å²) in [4.78, 5) is 15.6. The lowest BCUT2D eigenvalue weighted by Crippen LogP contribution is -2.03. The molecule has 0 atom stereocenters. The van der Waals surface area contributed by atoms with E-state index >= 15 is 0 Å². The van der Waals surface area contributed by atoms with Crippen molar-refractivity contribution in [3.8, 4) is 0 Å². The topological polar surface area (TPSA) is 39.2 Å². The highest BCUT2D eigenvalue weighted by Gasteiger charge is 2.09. The van der Waals surface area contributed by atoms with Gasteiger partial charge in [-0.1, -0.05) is 23.2 Å². The summed E-state index contributed by atoms with van der Waals surface area (Å²) in [6.45, 7) is 1.97. The van der Waals surface area contributed by atoms with E-state index < -0.39 is 0 Å². The summed E-state index contributed by atoms with van der Waals surface area (Å²) < 4.78 is 4.62. The molecule has 0 aliphatic heterocycles. The normalized spacial score (nSPS) is 10.7. The molecule has 0 aliphatic rings. The average molecular weight is 298 g/mol. The molecule has 0 saturated carbocycles. The predicted octanol–water partition coefficient (Wildman–Crippen LogP) is 3.96. The van der Waals surface area contributed by atoms with Gasteiger partial charge >= 0.3 is 5.97 Å². The SMILES string of the molecule is COC(=O)CCc1cc(C)c2cc(Cl)cc(Cl)c2n1. The van der Waals surface area contributed by atoms with Gasteiger partial charge < -0.3 is 4.74 Å². The number of rotatable bonds is 3. The number of hydrogen-bond acceptors (Lipinski definition) is 3. The molecule has 2 rings (SSSR count). The summed E-state index contributed by atoms with van der Waals surface area (Å²) in [7, 11) is 1.38. The zero-order valence-corrected chi connectivity index (χ0v) is 12.2. The Hall–Kier alpha value is -1.32. The first kappa shape index (κ1) is 14.1. The summed E-state index contributed by atoms with van der Waals surface area (Å²) in [5.74, 6) is -0.248. The average Bonchev–Trinajstić information content (AvgIpc) is 2.37. The van der Waals surface area contributed by atoms with Crippen LogP contribution in [0.2, 0.25) is 10.0 Å². The van der Waals surface area contributed by atoms with E-state index in [2.05, 4.69) is 9.72 Å². The van der Waals surface area contributed by atoms with Crippen LogP contribution in [-0.4, -0.2) is 18.1 Å². The number of aryl methyl sites for hydroxylation is 2. The van der Waals surface area contributed by atoms with Crippen LogP contribution < -0.4 is 0 Å². The molecule has 100 valence electrons. The van der Waals surface area contributed by atoms with Crippen molar-refractivity contribution in [1.29, 1.82) is 0 Å². The molecular formula is C14H13Cl2NO2. The summed E-state index contributed by atoms with van der Waals surface area (Å²) in [6, 6.07) is 5.45. The van der Waals surface area contributed by atoms with E-state index in [9.17, 15) is 4.79 Å². The molecule has 0 unspecified atom stereocenters. The number of carbonyl (C=O) groups is 1. The molecule has 0 N–H and O–H groups in total. The van der Waals surface area contributed by atoms with E-state index in [1.165, 1.54) is 7.11 Å². The highest BCUT2D eigenvalue weighted by molar-refractivity contribution is 6.38. The Morgan fingerprint density at radius 2 is 2.05 bits per heavy atom. The number of nitrogens with zero attached hydrogens (tertiary/aromatic N) is 1. The highest BCUT2D eigenvalue weighted by atomic mass is 35.5. The first-order valence-electron chi connectivity index (χ1n) is 5.83. The fraction of sp³-hybridized carbons (Fsp3) is 0.286. The Bertz CT molecular complexity index is 641. The number of carbonyl (C=O) groups excluding carboxylic acids is 1. The minimum Gasteiger partial charge on any atom is -0.469 e. The molecule has 19 heavy (non-hydrogen) atoms. The van der Waals surface area contributed by atoms with Crippen molar-refractivity contribution >= 4 is 40.1 Å². The van der Waals surface area contributed by atoms with Crippen molar-refractivity contribution in [1.82, 2.24) is 4.98 Å². The summed E-state index contributed by atoms with van der Waals surface area (Å²) in [5, 5.41) is 2.04. The smallest absolute Gasteiger partial charge is 0.305 e. The van der Waals surface area contributed by atoms with Crippen LogP contribution in [0.3, 0.4) is 0 Å².